The van der Waals surface area contributed by atoms with E-state index in [1.807, 2.05) is 17.4 Å². The first kappa shape index (κ1) is 31.9. The molecule has 6 nitrogen and oxygen atoms in total. The number of carbonyl (C=O) groups excluding carboxylic acids is 1. The third-order valence-corrected chi connectivity index (χ3v) is 7.56. The predicted molar refractivity (Wildman–Crippen MR) is 158 cm³/mol. The van der Waals surface area contributed by atoms with Gasteiger partial charge in [-0.1, -0.05) is 40.5 Å². The topological polar surface area (TPSA) is 86.7 Å². The van der Waals surface area contributed by atoms with Gasteiger partial charge in [-0.3, -0.25) is 9.35 Å². The van der Waals surface area contributed by atoms with Crippen molar-refractivity contribution in [3.05, 3.63) is 64.3 Å². The Hall–Kier alpha value is -2.33. The number of unbranched alkanes of at least 4 members (excludes halogenated alkanes) is 2. The number of hydrogen-bond donors (Lipinski definition) is 2. The highest BCUT2D eigenvalue weighted by molar-refractivity contribution is 7.85. The van der Waals surface area contributed by atoms with Gasteiger partial charge in [0.15, 0.2) is 0 Å². The summed E-state index contributed by atoms with van der Waals surface area (Å²) >= 11 is 1.87. The van der Waals surface area contributed by atoms with Gasteiger partial charge >= 0.3 is 0 Å². The zero-order chi connectivity index (χ0) is 28.3. The fourth-order valence-electron chi connectivity index (χ4n) is 4.14. The number of fused-ring (bicyclic) bond motifs is 1. The molecule has 1 aromatic heterocycles. The van der Waals surface area contributed by atoms with E-state index >= 15 is 0 Å². The minimum atomic E-state index is -3.67. The molecule has 2 N–H and O–H groups in total. The minimum absolute atomic E-state index is 0.222. The molecule has 0 radical (unpaired) electrons. The van der Waals surface area contributed by atoms with Gasteiger partial charge in [0, 0.05) is 27.4 Å². The van der Waals surface area contributed by atoms with Crippen LogP contribution in [0.4, 0.5) is 10.1 Å². The minimum Gasteiger partial charge on any atom is -0.322 e. The van der Waals surface area contributed by atoms with Crippen LogP contribution in [0.1, 0.15) is 80.1 Å². The maximum absolute atomic E-state index is 13.2. The van der Waals surface area contributed by atoms with Gasteiger partial charge in [-0.15, -0.1) is 11.3 Å². The number of carbonyl (C=O) groups is 1. The number of halogens is 1. The average molecular weight is 565 g/mol. The summed E-state index contributed by atoms with van der Waals surface area (Å²) in [6.07, 6.45) is 6.66. The van der Waals surface area contributed by atoms with Crippen molar-refractivity contribution in [2.75, 3.05) is 31.2 Å². The van der Waals surface area contributed by atoms with Crippen LogP contribution in [-0.4, -0.2) is 49.7 Å². The Morgan fingerprint density at radius 1 is 1.03 bits per heavy atom. The Kier molecular flexibility index (Phi) is 12.8. The van der Waals surface area contributed by atoms with Gasteiger partial charge in [0.2, 0.25) is 0 Å². The molecule has 0 saturated heterocycles. The molecule has 9 heteroatoms. The molecule has 0 aliphatic carbocycles. The van der Waals surface area contributed by atoms with Crippen molar-refractivity contribution >= 4 is 43.1 Å². The molecule has 1 amide bonds. The third-order valence-electron chi connectivity index (χ3n) is 6.04. The van der Waals surface area contributed by atoms with Crippen LogP contribution in [0.5, 0.6) is 0 Å². The van der Waals surface area contributed by atoms with Gasteiger partial charge in [-0.05, 0) is 91.7 Å². The van der Waals surface area contributed by atoms with E-state index in [4.69, 9.17) is 4.55 Å². The number of thiophene rings is 1. The average Bonchev–Trinajstić information content (AvgIpc) is 3.21. The Morgan fingerprint density at radius 3 is 2.13 bits per heavy atom. The quantitative estimate of drug-likeness (QED) is 0.224. The highest BCUT2D eigenvalue weighted by Gasteiger charge is 2.17. The molecule has 0 unspecified atom stereocenters. The Balaban J connectivity index is 0.000000926. The van der Waals surface area contributed by atoms with Gasteiger partial charge in [0.25, 0.3) is 16.0 Å². The van der Waals surface area contributed by atoms with Gasteiger partial charge in [0.1, 0.15) is 5.82 Å². The number of nitrogens with zero attached hydrogens (tertiary/aromatic N) is 1. The molecule has 3 rings (SSSR count). The van der Waals surface area contributed by atoms with Crippen LogP contribution in [0.3, 0.4) is 0 Å². The monoisotopic (exact) mass is 564 g/mol. The molecular formula is C29H41FN2O4S2. The molecule has 210 valence electrons. The first-order valence-electron chi connectivity index (χ1n) is 13.2. The molecule has 3 aromatic rings. The fraction of sp³-hybridized carbons (Fsp3) is 0.483. The second-order valence-electron chi connectivity index (χ2n) is 9.80. The molecular weight excluding hydrogens is 523 g/mol. The predicted octanol–water partition coefficient (Wildman–Crippen LogP) is 7.36. The molecule has 38 heavy (non-hydrogen) atoms. The number of hydrogen-bond acceptors (Lipinski definition) is 5. The van der Waals surface area contributed by atoms with Crippen LogP contribution < -0.4 is 5.32 Å². The molecule has 0 saturated carbocycles. The maximum atomic E-state index is 13.2. The highest BCUT2D eigenvalue weighted by atomic mass is 32.2. The van der Waals surface area contributed by atoms with Gasteiger partial charge in [-0.25, -0.2) is 4.39 Å². The molecule has 2 aromatic carbocycles. The van der Waals surface area contributed by atoms with Gasteiger partial charge < -0.3 is 10.2 Å². The fourth-order valence-corrected chi connectivity index (χ4v) is 5.38. The molecule has 0 spiro atoms. The Morgan fingerprint density at radius 2 is 1.61 bits per heavy atom. The molecule has 0 bridgehead atoms. The SMILES string of the molecule is CCCCN(CCCC)CCc1c(C(C)C)sc2ccc(NC(=O)c3ccc(F)cc3)cc12.CS(=O)(=O)O. The third kappa shape index (κ3) is 10.8. The zero-order valence-electron chi connectivity index (χ0n) is 23.1. The largest absolute Gasteiger partial charge is 0.322 e. The molecule has 0 atom stereocenters. The number of anilines is 1. The van der Waals surface area contributed by atoms with Crippen molar-refractivity contribution in [3.63, 3.8) is 0 Å². The number of benzene rings is 2. The smallest absolute Gasteiger partial charge is 0.261 e. The molecule has 0 aliphatic heterocycles. The standard InChI is InChI=1S/C28H37FN2OS.CH4O3S/c1-5-7-16-31(17-8-6-2)18-15-24-25-19-23(13-14-26(25)33-27(24)20(3)4)30-28(32)21-9-11-22(29)12-10-21;1-5(2,3)4/h9-14,19-20H,5-8,15-18H2,1-4H3,(H,30,32);1H3,(H,2,3,4). The van der Waals surface area contributed by atoms with Crippen molar-refractivity contribution in [1.82, 2.24) is 4.90 Å². The van der Waals surface area contributed by atoms with E-state index in [1.165, 1.54) is 70.5 Å². The molecule has 0 aliphatic rings. The van der Waals surface area contributed by atoms with E-state index < -0.39 is 10.1 Å². The van der Waals surface area contributed by atoms with E-state index in [2.05, 4.69) is 50.0 Å². The van der Waals surface area contributed by atoms with Gasteiger partial charge in [0.05, 0.1) is 6.26 Å². The Labute approximate surface area is 231 Å². The summed E-state index contributed by atoms with van der Waals surface area (Å²) in [7, 11) is -3.67. The van der Waals surface area contributed by atoms with Crippen molar-refractivity contribution in [3.8, 4) is 0 Å². The van der Waals surface area contributed by atoms with E-state index in [0.29, 0.717) is 17.7 Å². The van der Waals surface area contributed by atoms with Crippen molar-refractivity contribution in [2.45, 2.75) is 65.7 Å². The number of rotatable bonds is 12. The van der Waals surface area contributed by atoms with Crippen molar-refractivity contribution < 1.29 is 22.2 Å². The second kappa shape index (κ2) is 15.3. The molecule has 1 heterocycles. The lowest BCUT2D eigenvalue weighted by molar-refractivity contribution is 0.102. The summed E-state index contributed by atoms with van der Waals surface area (Å²) in [5, 5.41) is 4.23. The lowest BCUT2D eigenvalue weighted by Crippen LogP contribution is -2.28. The van der Waals surface area contributed by atoms with E-state index in [-0.39, 0.29) is 11.7 Å². The van der Waals surface area contributed by atoms with Crippen LogP contribution in [0, 0.1) is 5.82 Å². The first-order chi connectivity index (χ1) is 17.9. The lowest BCUT2D eigenvalue weighted by atomic mass is 10.0. The summed E-state index contributed by atoms with van der Waals surface area (Å²) in [6.45, 7) is 12.4. The normalized spacial score (nSPS) is 11.6. The Bertz CT molecular complexity index is 1260. The number of amides is 1. The molecule has 0 fully saturated rings. The number of nitrogens with one attached hydrogen (secondary N) is 1. The van der Waals surface area contributed by atoms with Gasteiger partial charge in [-0.2, -0.15) is 8.42 Å². The summed E-state index contributed by atoms with van der Waals surface area (Å²) in [4.78, 5) is 16.7. The van der Waals surface area contributed by atoms with Crippen LogP contribution in [0.15, 0.2) is 42.5 Å². The summed E-state index contributed by atoms with van der Waals surface area (Å²) in [6, 6.07) is 11.8. The lowest BCUT2D eigenvalue weighted by Gasteiger charge is -2.22. The second-order valence-corrected chi connectivity index (χ2v) is 12.4. The summed E-state index contributed by atoms with van der Waals surface area (Å²) < 4.78 is 40.3. The summed E-state index contributed by atoms with van der Waals surface area (Å²) in [5.41, 5.74) is 2.65. The van der Waals surface area contributed by atoms with E-state index in [0.717, 1.165) is 31.7 Å². The zero-order valence-corrected chi connectivity index (χ0v) is 24.7. The summed E-state index contributed by atoms with van der Waals surface area (Å²) in [5.74, 6) is -0.0982. The van der Waals surface area contributed by atoms with Crippen LogP contribution in [0.25, 0.3) is 10.1 Å². The highest BCUT2D eigenvalue weighted by Crippen LogP contribution is 2.38. The van der Waals surface area contributed by atoms with Crippen LogP contribution >= 0.6 is 11.3 Å². The van der Waals surface area contributed by atoms with Crippen molar-refractivity contribution in [1.29, 1.82) is 0 Å². The van der Waals surface area contributed by atoms with E-state index in [9.17, 15) is 17.6 Å². The van der Waals surface area contributed by atoms with Crippen molar-refractivity contribution in [2.24, 2.45) is 0 Å². The van der Waals surface area contributed by atoms with E-state index in [1.54, 1.807) is 0 Å². The van der Waals surface area contributed by atoms with Crippen LogP contribution in [-0.2, 0) is 16.5 Å². The van der Waals surface area contributed by atoms with Crippen LogP contribution in [0.2, 0.25) is 0 Å². The maximum Gasteiger partial charge on any atom is 0.261 e. The first-order valence-corrected chi connectivity index (χ1v) is 15.9.